The first-order valence-electron chi connectivity index (χ1n) is 4.64. The first-order chi connectivity index (χ1) is 6.47. The highest BCUT2D eigenvalue weighted by Gasteiger charge is 2.22. The molecule has 3 heteroatoms. The zero-order valence-electron chi connectivity index (χ0n) is 8.55. The van der Waals surface area contributed by atoms with E-state index in [-0.39, 0.29) is 6.61 Å². The van der Waals surface area contributed by atoms with Gasteiger partial charge in [-0.2, -0.15) is 0 Å². The maximum absolute atomic E-state index is 8.94. The molecule has 3 N–H and O–H groups in total. The Kier molecular flexibility index (Phi) is 3.92. The molecule has 0 aliphatic rings. The van der Waals surface area contributed by atoms with Crippen LogP contribution in [0.25, 0.3) is 0 Å². The van der Waals surface area contributed by atoms with Gasteiger partial charge in [-0.1, -0.05) is 17.7 Å². The molecule has 0 aliphatic heterocycles. The lowest BCUT2D eigenvalue weighted by molar-refractivity contribution is 0.247. The molecular weight excluding hydrogens is 289 g/mol. The minimum atomic E-state index is -0.433. The fourth-order valence-corrected chi connectivity index (χ4v) is 2.40. The van der Waals surface area contributed by atoms with Gasteiger partial charge in [0, 0.05) is 15.7 Å². The van der Waals surface area contributed by atoms with E-state index in [0.29, 0.717) is 6.42 Å². The van der Waals surface area contributed by atoms with Gasteiger partial charge >= 0.3 is 0 Å². The molecule has 0 fully saturated rings. The number of hydrogen-bond acceptors (Lipinski definition) is 2. The SMILES string of the molecule is Cc1ccc(I)c([C@@](C)(N)CCO)c1. The highest BCUT2D eigenvalue weighted by Crippen LogP contribution is 2.26. The van der Waals surface area contributed by atoms with Crippen molar-refractivity contribution in [1.82, 2.24) is 0 Å². The van der Waals surface area contributed by atoms with Crippen LogP contribution in [0.1, 0.15) is 24.5 Å². The molecule has 0 aromatic heterocycles. The summed E-state index contributed by atoms with van der Waals surface area (Å²) in [4.78, 5) is 0. The van der Waals surface area contributed by atoms with E-state index in [9.17, 15) is 0 Å². The number of benzene rings is 1. The van der Waals surface area contributed by atoms with Crippen molar-refractivity contribution in [3.63, 3.8) is 0 Å². The Labute approximate surface area is 98.7 Å². The molecule has 0 aliphatic carbocycles. The zero-order chi connectivity index (χ0) is 10.8. The minimum Gasteiger partial charge on any atom is -0.396 e. The van der Waals surface area contributed by atoms with Crippen LogP contribution in [-0.2, 0) is 5.54 Å². The summed E-state index contributed by atoms with van der Waals surface area (Å²) < 4.78 is 1.16. The van der Waals surface area contributed by atoms with Gasteiger partial charge in [-0.25, -0.2) is 0 Å². The summed E-state index contributed by atoms with van der Waals surface area (Å²) >= 11 is 2.28. The van der Waals surface area contributed by atoms with E-state index >= 15 is 0 Å². The topological polar surface area (TPSA) is 46.2 Å². The Morgan fingerprint density at radius 3 is 2.71 bits per heavy atom. The lowest BCUT2D eigenvalue weighted by Gasteiger charge is -2.26. The van der Waals surface area contributed by atoms with Crippen LogP contribution in [0.4, 0.5) is 0 Å². The third-order valence-electron chi connectivity index (χ3n) is 2.37. The van der Waals surface area contributed by atoms with Gasteiger partial charge < -0.3 is 10.8 Å². The van der Waals surface area contributed by atoms with Gasteiger partial charge in [-0.3, -0.25) is 0 Å². The molecule has 1 rings (SSSR count). The quantitative estimate of drug-likeness (QED) is 0.841. The first-order valence-corrected chi connectivity index (χ1v) is 5.71. The van der Waals surface area contributed by atoms with E-state index in [0.717, 1.165) is 9.13 Å². The number of nitrogens with two attached hydrogens (primary N) is 1. The second kappa shape index (κ2) is 4.59. The Balaban J connectivity index is 3.10. The Morgan fingerprint density at radius 2 is 2.14 bits per heavy atom. The van der Waals surface area contributed by atoms with Crippen molar-refractivity contribution in [3.8, 4) is 0 Å². The van der Waals surface area contributed by atoms with E-state index in [1.165, 1.54) is 5.56 Å². The average molecular weight is 305 g/mol. The van der Waals surface area contributed by atoms with Gasteiger partial charge in [-0.05, 0) is 54.5 Å². The van der Waals surface area contributed by atoms with Gasteiger partial charge in [0.2, 0.25) is 0 Å². The van der Waals surface area contributed by atoms with E-state index in [1.807, 2.05) is 6.92 Å². The monoisotopic (exact) mass is 305 g/mol. The van der Waals surface area contributed by atoms with Crippen molar-refractivity contribution in [2.24, 2.45) is 5.73 Å². The number of aryl methyl sites for hydroxylation is 1. The molecule has 0 amide bonds. The normalized spacial score (nSPS) is 15.2. The summed E-state index contributed by atoms with van der Waals surface area (Å²) in [5, 5.41) is 8.94. The van der Waals surface area contributed by atoms with Crippen LogP contribution < -0.4 is 5.73 Å². The molecule has 1 aromatic rings. The molecule has 0 bridgehead atoms. The summed E-state index contributed by atoms with van der Waals surface area (Å²) in [6.07, 6.45) is 0.590. The molecule has 0 saturated heterocycles. The van der Waals surface area contributed by atoms with Gasteiger partial charge in [-0.15, -0.1) is 0 Å². The Bertz CT molecular complexity index is 323. The van der Waals surface area contributed by atoms with Gasteiger partial charge in [0.25, 0.3) is 0 Å². The maximum Gasteiger partial charge on any atom is 0.0451 e. The predicted octanol–water partition coefficient (Wildman–Crippen LogP) is 2.16. The van der Waals surface area contributed by atoms with E-state index in [2.05, 4.69) is 47.7 Å². The molecule has 1 atom stereocenters. The highest BCUT2D eigenvalue weighted by atomic mass is 127. The van der Waals surface area contributed by atoms with Crippen molar-refractivity contribution in [1.29, 1.82) is 0 Å². The summed E-state index contributed by atoms with van der Waals surface area (Å²) in [6.45, 7) is 4.13. The molecule has 0 saturated carbocycles. The second-order valence-electron chi connectivity index (χ2n) is 3.87. The van der Waals surface area contributed by atoms with E-state index < -0.39 is 5.54 Å². The summed E-state index contributed by atoms with van der Waals surface area (Å²) in [6, 6.07) is 6.23. The van der Waals surface area contributed by atoms with Gasteiger partial charge in [0.1, 0.15) is 0 Å². The molecular formula is C11H16INO. The van der Waals surface area contributed by atoms with E-state index in [4.69, 9.17) is 10.8 Å². The van der Waals surface area contributed by atoms with Crippen molar-refractivity contribution in [2.75, 3.05) is 6.61 Å². The van der Waals surface area contributed by atoms with Crippen LogP contribution in [0, 0.1) is 10.5 Å². The van der Waals surface area contributed by atoms with Gasteiger partial charge in [0.15, 0.2) is 0 Å². The summed E-state index contributed by atoms with van der Waals surface area (Å²) in [7, 11) is 0. The summed E-state index contributed by atoms with van der Waals surface area (Å²) in [5.74, 6) is 0. The van der Waals surface area contributed by atoms with Crippen molar-refractivity contribution in [3.05, 3.63) is 32.9 Å². The fraction of sp³-hybridized carbons (Fsp3) is 0.455. The molecule has 78 valence electrons. The lowest BCUT2D eigenvalue weighted by atomic mass is 9.89. The number of aliphatic hydroxyl groups is 1. The van der Waals surface area contributed by atoms with Crippen LogP contribution in [0.5, 0.6) is 0 Å². The van der Waals surface area contributed by atoms with Crippen LogP contribution in [-0.4, -0.2) is 11.7 Å². The minimum absolute atomic E-state index is 0.122. The van der Waals surface area contributed by atoms with Crippen LogP contribution in [0.2, 0.25) is 0 Å². The molecule has 2 nitrogen and oxygen atoms in total. The lowest BCUT2D eigenvalue weighted by Crippen LogP contribution is -2.35. The molecule has 0 heterocycles. The smallest absolute Gasteiger partial charge is 0.0451 e. The number of hydrogen-bond donors (Lipinski definition) is 2. The number of rotatable bonds is 3. The highest BCUT2D eigenvalue weighted by molar-refractivity contribution is 14.1. The largest absolute Gasteiger partial charge is 0.396 e. The van der Waals surface area contributed by atoms with Crippen LogP contribution in [0.3, 0.4) is 0 Å². The summed E-state index contributed by atoms with van der Waals surface area (Å²) in [5.41, 5.74) is 8.04. The second-order valence-corrected chi connectivity index (χ2v) is 5.04. The van der Waals surface area contributed by atoms with Crippen molar-refractivity contribution >= 4 is 22.6 Å². The first kappa shape index (κ1) is 11.9. The molecule has 0 radical (unpaired) electrons. The third-order valence-corrected chi connectivity index (χ3v) is 3.31. The maximum atomic E-state index is 8.94. The molecule has 14 heavy (non-hydrogen) atoms. The average Bonchev–Trinajstić information content (AvgIpc) is 2.09. The Hall–Kier alpha value is -0.130. The number of aliphatic hydroxyl groups excluding tert-OH is 1. The van der Waals surface area contributed by atoms with Gasteiger partial charge in [0.05, 0.1) is 0 Å². The zero-order valence-corrected chi connectivity index (χ0v) is 10.7. The fourth-order valence-electron chi connectivity index (χ4n) is 1.44. The molecule has 0 unspecified atom stereocenters. The predicted molar refractivity (Wildman–Crippen MR) is 67.1 cm³/mol. The third kappa shape index (κ3) is 2.68. The van der Waals surface area contributed by atoms with E-state index in [1.54, 1.807) is 0 Å². The Morgan fingerprint density at radius 1 is 1.50 bits per heavy atom. The van der Waals surface area contributed by atoms with Crippen molar-refractivity contribution < 1.29 is 5.11 Å². The van der Waals surface area contributed by atoms with Crippen LogP contribution >= 0.6 is 22.6 Å². The number of halogens is 1. The molecule has 0 spiro atoms. The van der Waals surface area contributed by atoms with Crippen LogP contribution in [0.15, 0.2) is 18.2 Å². The standard InChI is InChI=1S/C11H16INO/c1-8-3-4-10(12)9(7-8)11(2,13)5-6-14/h3-4,7,14H,5-6,13H2,1-2H3/t11-/m0/s1. The van der Waals surface area contributed by atoms with Crippen molar-refractivity contribution in [2.45, 2.75) is 25.8 Å². The molecule has 1 aromatic carbocycles.